The van der Waals surface area contributed by atoms with Gasteiger partial charge in [-0.15, -0.1) is 4.92 Å². The van der Waals surface area contributed by atoms with Gasteiger partial charge in [0.2, 0.25) is 0 Å². The number of rotatable bonds is 2. The molecule has 1 fully saturated rings. The van der Waals surface area contributed by atoms with E-state index in [-0.39, 0.29) is 19.3 Å². The first-order valence-electron chi connectivity index (χ1n) is 4.64. The third-order valence-corrected chi connectivity index (χ3v) is 2.45. The highest BCUT2D eigenvalue weighted by molar-refractivity contribution is 6.30. The number of benzene rings is 1. The molecule has 0 aromatic heterocycles. The van der Waals surface area contributed by atoms with Crippen molar-refractivity contribution in [1.29, 1.82) is 0 Å². The van der Waals surface area contributed by atoms with Gasteiger partial charge in [-0.2, -0.15) is 0 Å². The number of nitro groups is 1. The van der Waals surface area contributed by atoms with Gasteiger partial charge in [-0.3, -0.25) is 10.1 Å². The van der Waals surface area contributed by atoms with Crippen LogP contribution in [-0.4, -0.2) is 18.1 Å². The minimum absolute atomic E-state index is 0.0136. The molecule has 1 aromatic rings. The van der Waals surface area contributed by atoms with Crippen LogP contribution in [0.4, 0.5) is 0 Å². The molecule has 1 aliphatic rings. The molecule has 0 N–H and O–H groups in total. The molecule has 0 bridgehead atoms. The molecule has 0 spiro atoms. The molecule has 0 aliphatic carbocycles. The highest BCUT2D eigenvalue weighted by atomic mass is 35.5. The Morgan fingerprint density at radius 3 is 2.38 bits per heavy atom. The summed E-state index contributed by atoms with van der Waals surface area (Å²) in [6.45, 7) is -0.0272. The lowest BCUT2D eigenvalue weighted by Crippen LogP contribution is -2.30. The third kappa shape index (κ3) is 2.44. The van der Waals surface area contributed by atoms with Crippen LogP contribution in [0, 0.1) is 16.2 Å². The van der Waals surface area contributed by atoms with E-state index in [9.17, 15) is 10.1 Å². The molecule has 0 radical (unpaired) electrons. The Labute approximate surface area is 97.1 Å². The Kier molecular flexibility index (Phi) is 3.28. The molecule has 1 saturated heterocycles. The molecule has 5 nitrogen and oxygen atoms in total. The molecule has 0 amide bonds. The lowest BCUT2D eigenvalue weighted by atomic mass is 10.2. The molecule has 1 aromatic carbocycles. The van der Waals surface area contributed by atoms with E-state index in [0.29, 0.717) is 5.02 Å². The van der Waals surface area contributed by atoms with Gasteiger partial charge >= 0.3 is 0 Å². The topological polar surface area (TPSA) is 61.6 Å². The van der Waals surface area contributed by atoms with E-state index in [1.54, 1.807) is 24.3 Å². The van der Waals surface area contributed by atoms with Crippen molar-refractivity contribution in [2.24, 2.45) is 0 Å². The lowest BCUT2D eigenvalue weighted by molar-refractivity contribution is -0.489. The smallest absolute Gasteiger partial charge is 0.179 e. The summed E-state index contributed by atoms with van der Waals surface area (Å²) in [6.07, 6.45) is -0.555. The standard InChI is InChI=1S/C10H9ClNO4/c11-8-3-1-7(2-4-8)10-15-5-9(6-16-10)12(13)14/h1-4,10H,5-6H2/q-1. The number of hydrogen-bond donors (Lipinski definition) is 0. The Bertz CT molecular complexity index is 373. The maximum absolute atomic E-state index is 10.4. The molecule has 16 heavy (non-hydrogen) atoms. The molecule has 0 atom stereocenters. The van der Waals surface area contributed by atoms with Crippen LogP contribution in [0.15, 0.2) is 24.3 Å². The summed E-state index contributed by atoms with van der Waals surface area (Å²) in [5.74, 6) is 0. The van der Waals surface area contributed by atoms with Gasteiger partial charge in [-0.25, -0.2) is 0 Å². The summed E-state index contributed by atoms with van der Waals surface area (Å²) in [7, 11) is 0. The summed E-state index contributed by atoms with van der Waals surface area (Å²) in [6, 6.07) is 7.01. The molecule has 2 rings (SSSR count). The zero-order chi connectivity index (χ0) is 11.5. The van der Waals surface area contributed by atoms with Crippen LogP contribution in [-0.2, 0) is 9.47 Å². The fraction of sp³-hybridized carbons (Fsp3) is 0.300. The number of hydrogen-bond acceptors (Lipinski definition) is 4. The maximum atomic E-state index is 10.4. The summed E-state index contributed by atoms with van der Waals surface area (Å²) in [5, 5.41) is 11.1. The summed E-state index contributed by atoms with van der Waals surface area (Å²) < 4.78 is 10.5. The quantitative estimate of drug-likeness (QED) is 0.453. The molecule has 1 heterocycles. The van der Waals surface area contributed by atoms with Gasteiger partial charge in [0.1, 0.15) is 0 Å². The molecule has 6 heteroatoms. The molecule has 0 unspecified atom stereocenters. The molecule has 86 valence electrons. The van der Waals surface area contributed by atoms with Gasteiger partial charge in [0.05, 0.1) is 0 Å². The van der Waals surface area contributed by atoms with Crippen molar-refractivity contribution in [2.45, 2.75) is 6.29 Å². The second-order valence-corrected chi connectivity index (χ2v) is 3.77. The maximum Gasteiger partial charge on any atom is 0.179 e. The van der Waals surface area contributed by atoms with Crippen LogP contribution in [0.2, 0.25) is 5.02 Å². The largest absolute Gasteiger partial charge is 0.372 e. The van der Waals surface area contributed by atoms with Gasteiger partial charge in [0, 0.05) is 29.8 Å². The van der Waals surface area contributed by atoms with Crippen LogP contribution >= 0.6 is 11.6 Å². The molecular weight excluding hydrogens is 234 g/mol. The zero-order valence-corrected chi connectivity index (χ0v) is 9.02. The molecule has 1 aliphatic heterocycles. The first-order chi connectivity index (χ1) is 7.66. The summed E-state index contributed by atoms with van der Waals surface area (Å²) in [5.41, 5.74) is 0.798. The van der Waals surface area contributed by atoms with Crippen molar-refractivity contribution in [3.63, 3.8) is 0 Å². The van der Waals surface area contributed by atoms with E-state index in [2.05, 4.69) is 0 Å². The van der Waals surface area contributed by atoms with E-state index in [0.717, 1.165) is 5.56 Å². The fourth-order valence-corrected chi connectivity index (χ4v) is 1.48. The van der Waals surface area contributed by atoms with Crippen LogP contribution in [0.5, 0.6) is 0 Å². The second kappa shape index (κ2) is 4.69. The van der Waals surface area contributed by atoms with Gasteiger partial charge in [-0.05, 0) is 12.1 Å². The minimum Gasteiger partial charge on any atom is -0.372 e. The SMILES string of the molecule is O=[N+]([O-])[C-]1COC(c2ccc(Cl)cc2)OC1. The molecular formula is C10H9ClNO4-. The Morgan fingerprint density at radius 2 is 1.88 bits per heavy atom. The minimum atomic E-state index is -0.555. The van der Waals surface area contributed by atoms with Crippen LogP contribution in [0.3, 0.4) is 0 Å². The number of ether oxygens (including phenoxy) is 2. The summed E-state index contributed by atoms with van der Waals surface area (Å²) >= 11 is 5.74. The normalized spacial score (nSPS) is 17.4. The van der Waals surface area contributed by atoms with Crippen LogP contribution in [0.1, 0.15) is 11.9 Å². The van der Waals surface area contributed by atoms with E-state index in [4.69, 9.17) is 21.1 Å². The van der Waals surface area contributed by atoms with Crippen molar-refractivity contribution < 1.29 is 14.4 Å². The molecule has 0 saturated carbocycles. The van der Waals surface area contributed by atoms with Gasteiger partial charge in [0.25, 0.3) is 0 Å². The zero-order valence-electron chi connectivity index (χ0n) is 8.26. The second-order valence-electron chi connectivity index (χ2n) is 3.33. The van der Waals surface area contributed by atoms with Gasteiger partial charge < -0.3 is 9.47 Å². The third-order valence-electron chi connectivity index (χ3n) is 2.20. The fourth-order valence-electron chi connectivity index (χ4n) is 1.35. The highest BCUT2D eigenvalue weighted by Gasteiger charge is 2.20. The van der Waals surface area contributed by atoms with Crippen molar-refractivity contribution in [2.75, 3.05) is 13.2 Å². The van der Waals surface area contributed by atoms with E-state index in [1.165, 1.54) is 0 Å². The number of halogens is 1. The predicted molar refractivity (Wildman–Crippen MR) is 56.3 cm³/mol. The average Bonchev–Trinajstić information content (AvgIpc) is 2.30. The van der Waals surface area contributed by atoms with Crippen LogP contribution in [0.25, 0.3) is 0 Å². The highest BCUT2D eigenvalue weighted by Crippen LogP contribution is 2.26. The first kappa shape index (κ1) is 11.2. The van der Waals surface area contributed by atoms with Crippen molar-refractivity contribution in [3.05, 3.63) is 51.0 Å². The van der Waals surface area contributed by atoms with E-state index >= 15 is 0 Å². The lowest BCUT2D eigenvalue weighted by Gasteiger charge is -2.32. The van der Waals surface area contributed by atoms with E-state index in [1.807, 2.05) is 0 Å². The van der Waals surface area contributed by atoms with Gasteiger partial charge in [0.15, 0.2) is 6.29 Å². The average molecular weight is 243 g/mol. The first-order valence-corrected chi connectivity index (χ1v) is 5.02. The van der Waals surface area contributed by atoms with Crippen molar-refractivity contribution >= 4 is 11.6 Å². The number of nitrogens with zero attached hydrogens (tertiary/aromatic N) is 1. The van der Waals surface area contributed by atoms with Crippen molar-refractivity contribution in [1.82, 2.24) is 0 Å². The Hall–Kier alpha value is -1.30. The van der Waals surface area contributed by atoms with Crippen molar-refractivity contribution in [3.8, 4) is 0 Å². The van der Waals surface area contributed by atoms with Gasteiger partial charge in [-0.1, -0.05) is 23.7 Å². The summed E-state index contributed by atoms with van der Waals surface area (Å²) in [4.78, 5) is 9.96. The Balaban J connectivity index is 1.99. The monoisotopic (exact) mass is 242 g/mol. The van der Waals surface area contributed by atoms with Crippen LogP contribution < -0.4 is 0 Å². The van der Waals surface area contributed by atoms with E-state index < -0.39 is 11.2 Å². The Morgan fingerprint density at radius 1 is 1.31 bits per heavy atom. The predicted octanol–water partition coefficient (Wildman–Crippen LogP) is 2.19.